The van der Waals surface area contributed by atoms with Crippen molar-refractivity contribution in [2.24, 2.45) is 0 Å². The molecule has 10 aromatic carbocycles. The molecule has 0 heteroatoms. The fourth-order valence-electron chi connectivity index (χ4n) is 8.44. The van der Waals surface area contributed by atoms with E-state index in [4.69, 9.17) is 0 Å². The zero-order valence-electron chi connectivity index (χ0n) is 28.2. The molecule has 0 saturated heterocycles. The largest absolute Gasteiger partial charge is 0.0616 e. The molecule has 0 unspecified atom stereocenters. The van der Waals surface area contributed by atoms with Crippen molar-refractivity contribution in [3.63, 3.8) is 0 Å². The molecular formula is C50H34. The normalized spacial score (nSPS) is 11.8. The van der Waals surface area contributed by atoms with E-state index in [9.17, 15) is 0 Å². The van der Waals surface area contributed by atoms with E-state index in [0.717, 1.165) is 0 Å². The molecule has 0 saturated carbocycles. The van der Waals surface area contributed by atoms with Gasteiger partial charge in [-0.2, -0.15) is 0 Å². The molecule has 0 bridgehead atoms. The van der Waals surface area contributed by atoms with Crippen LogP contribution in [0, 0.1) is 13.8 Å². The molecule has 0 spiro atoms. The molecule has 0 aliphatic heterocycles. The summed E-state index contributed by atoms with van der Waals surface area (Å²) in [4.78, 5) is 0. The smallest absolute Gasteiger partial charge is 0.00201 e. The van der Waals surface area contributed by atoms with Gasteiger partial charge in [-0.1, -0.05) is 146 Å². The van der Waals surface area contributed by atoms with Crippen molar-refractivity contribution in [2.45, 2.75) is 13.8 Å². The Morgan fingerprint density at radius 2 is 0.800 bits per heavy atom. The van der Waals surface area contributed by atoms with Gasteiger partial charge in [0.2, 0.25) is 0 Å². The van der Waals surface area contributed by atoms with Crippen LogP contribution in [-0.2, 0) is 0 Å². The van der Waals surface area contributed by atoms with Gasteiger partial charge < -0.3 is 0 Å². The van der Waals surface area contributed by atoms with Crippen molar-refractivity contribution in [2.75, 3.05) is 0 Å². The van der Waals surface area contributed by atoms with Crippen LogP contribution in [0.15, 0.2) is 170 Å². The lowest BCUT2D eigenvalue weighted by molar-refractivity contribution is 1.42. The van der Waals surface area contributed by atoms with Gasteiger partial charge in [0.15, 0.2) is 0 Å². The number of fused-ring (bicyclic) bond motifs is 7. The molecule has 0 heterocycles. The molecule has 0 radical (unpaired) electrons. The first-order chi connectivity index (χ1) is 24.6. The van der Waals surface area contributed by atoms with Crippen molar-refractivity contribution in [3.8, 4) is 33.4 Å². The van der Waals surface area contributed by atoms with Gasteiger partial charge in [-0.25, -0.2) is 0 Å². The third-order valence-electron chi connectivity index (χ3n) is 10.9. The van der Waals surface area contributed by atoms with Crippen LogP contribution in [0.1, 0.15) is 11.1 Å². The molecule has 0 amide bonds. The summed E-state index contributed by atoms with van der Waals surface area (Å²) in [5, 5.41) is 15.3. The van der Waals surface area contributed by atoms with Crippen LogP contribution in [0.25, 0.3) is 98.0 Å². The molecule has 0 nitrogen and oxygen atoms in total. The van der Waals surface area contributed by atoms with E-state index in [2.05, 4.69) is 184 Å². The lowest BCUT2D eigenvalue weighted by Crippen LogP contribution is -1.93. The van der Waals surface area contributed by atoms with Crippen LogP contribution in [0.4, 0.5) is 0 Å². The minimum Gasteiger partial charge on any atom is -0.0616 e. The average molecular weight is 635 g/mol. The zero-order chi connectivity index (χ0) is 33.3. The Bertz CT molecular complexity index is 2940. The second-order valence-corrected chi connectivity index (χ2v) is 13.8. The maximum atomic E-state index is 2.43. The molecule has 10 rings (SSSR count). The van der Waals surface area contributed by atoms with E-state index in [1.165, 1.54) is 109 Å². The zero-order valence-corrected chi connectivity index (χ0v) is 28.2. The minimum absolute atomic E-state index is 1.24. The van der Waals surface area contributed by atoms with E-state index in [0.29, 0.717) is 0 Å². The van der Waals surface area contributed by atoms with Crippen LogP contribution in [0.2, 0.25) is 0 Å². The Kier molecular flexibility index (Phi) is 6.41. The summed E-state index contributed by atoms with van der Waals surface area (Å²) in [6, 6.07) is 63.3. The molecule has 234 valence electrons. The predicted octanol–water partition coefficient (Wildman–Crippen LogP) is 14.2. The van der Waals surface area contributed by atoms with Gasteiger partial charge in [-0.05, 0) is 147 Å². The number of benzene rings is 10. The van der Waals surface area contributed by atoms with Crippen LogP contribution in [0.3, 0.4) is 0 Å². The van der Waals surface area contributed by atoms with Crippen molar-refractivity contribution in [1.82, 2.24) is 0 Å². The maximum absolute atomic E-state index is 2.43. The first kappa shape index (κ1) is 28.7. The molecule has 0 aromatic heterocycles. The van der Waals surface area contributed by atoms with Crippen molar-refractivity contribution < 1.29 is 0 Å². The number of hydrogen-bond donors (Lipinski definition) is 0. The maximum Gasteiger partial charge on any atom is -0.00201 e. The highest BCUT2D eigenvalue weighted by atomic mass is 14.2. The Morgan fingerprint density at radius 3 is 1.48 bits per heavy atom. The van der Waals surface area contributed by atoms with Gasteiger partial charge >= 0.3 is 0 Å². The van der Waals surface area contributed by atoms with E-state index in [1.54, 1.807) is 0 Å². The molecule has 0 aliphatic carbocycles. The first-order valence-electron chi connectivity index (χ1n) is 17.5. The fraction of sp³-hybridized carbons (Fsp3) is 0.0400. The third kappa shape index (κ3) is 4.39. The summed E-state index contributed by atoms with van der Waals surface area (Å²) < 4.78 is 0. The number of rotatable bonds is 3. The second-order valence-electron chi connectivity index (χ2n) is 13.8. The standard InChI is InChI=1S/C50H34/c1-31-22-23-38(30-46(31)47-28-35-14-5-3-12-33(35)26-32(47)2)49-42-16-7-9-18-44(42)50(45-19-10-8-17-43(45)49)41-21-11-20-39-40(41)25-24-37-27-34-13-4-6-15-36(34)29-48(37)39/h3-30H,1-2H3. The average Bonchev–Trinajstić information content (AvgIpc) is 3.16. The van der Waals surface area contributed by atoms with Crippen LogP contribution in [0.5, 0.6) is 0 Å². The van der Waals surface area contributed by atoms with Crippen molar-refractivity contribution in [3.05, 3.63) is 181 Å². The van der Waals surface area contributed by atoms with Gasteiger partial charge in [-0.15, -0.1) is 0 Å². The number of hydrogen-bond acceptors (Lipinski definition) is 0. The summed E-state index contributed by atoms with van der Waals surface area (Å²) in [5.74, 6) is 0. The van der Waals surface area contributed by atoms with E-state index in [1.807, 2.05) is 0 Å². The van der Waals surface area contributed by atoms with Crippen molar-refractivity contribution >= 4 is 64.6 Å². The van der Waals surface area contributed by atoms with E-state index in [-0.39, 0.29) is 0 Å². The Hall–Kier alpha value is -6.24. The summed E-state index contributed by atoms with van der Waals surface area (Å²) >= 11 is 0. The highest BCUT2D eigenvalue weighted by Gasteiger charge is 2.19. The van der Waals surface area contributed by atoms with Gasteiger partial charge in [0, 0.05) is 0 Å². The SMILES string of the molecule is Cc1ccc(-c2c3ccccc3c(-c3cccc4c3ccc3cc5ccccc5cc34)c3ccccc23)cc1-c1cc2ccccc2cc1C. The van der Waals surface area contributed by atoms with Crippen LogP contribution < -0.4 is 0 Å². The predicted molar refractivity (Wildman–Crippen MR) is 217 cm³/mol. The summed E-state index contributed by atoms with van der Waals surface area (Å²) in [5.41, 5.74) is 10.3. The topological polar surface area (TPSA) is 0 Å². The fourth-order valence-corrected chi connectivity index (χ4v) is 8.44. The monoisotopic (exact) mass is 634 g/mol. The van der Waals surface area contributed by atoms with Crippen LogP contribution in [-0.4, -0.2) is 0 Å². The number of aryl methyl sites for hydroxylation is 2. The lowest BCUT2D eigenvalue weighted by Gasteiger charge is -2.20. The molecular weight excluding hydrogens is 601 g/mol. The third-order valence-corrected chi connectivity index (χ3v) is 10.9. The molecule has 0 aliphatic rings. The quantitative estimate of drug-likeness (QED) is 0.134. The molecule has 50 heavy (non-hydrogen) atoms. The summed E-state index contributed by atoms with van der Waals surface area (Å²) in [6.07, 6.45) is 0. The highest BCUT2D eigenvalue weighted by molar-refractivity contribution is 6.25. The molecule has 0 N–H and O–H groups in total. The second kappa shape index (κ2) is 11.2. The molecule has 0 fully saturated rings. The van der Waals surface area contributed by atoms with Gasteiger partial charge in [0.1, 0.15) is 0 Å². The first-order valence-corrected chi connectivity index (χ1v) is 17.5. The van der Waals surface area contributed by atoms with Gasteiger partial charge in [-0.3, -0.25) is 0 Å². The Morgan fingerprint density at radius 1 is 0.260 bits per heavy atom. The van der Waals surface area contributed by atoms with E-state index >= 15 is 0 Å². The lowest BCUT2D eigenvalue weighted by atomic mass is 9.83. The minimum atomic E-state index is 1.24. The summed E-state index contributed by atoms with van der Waals surface area (Å²) in [7, 11) is 0. The highest BCUT2D eigenvalue weighted by Crippen LogP contribution is 2.47. The van der Waals surface area contributed by atoms with Crippen molar-refractivity contribution in [1.29, 1.82) is 0 Å². The van der Waals surface area contributed by atoms with Crippen LogP contribution >= 0.6 is 0 Å². The summed E-state index contributed by atoms with van der Waals surface area (Å²) in [6.45, 7) is 4.48. The molecule has 10 aromatic rings. The molecule has 0 atom stereocenters. The van der Waals surface area contributed by atoms with E-state index < -0.39 is 0 Å². The van der Waals surface area contributed by atoms with Gasteiger partial charge in [0.05, 0.1) is 0 Å². The van der Waals surface area contributed by atoms with Gasteiger partial charge in [0.25, 0.3) is 0 Å². The Balaban J connectivity index is 1.25. The Labute approximate surface area is 291 Å².